The molecule has 0 unspecified atom stereocenters. The maximum atomic E-state index is 12.1. The third-order valence-corrected chi connectivity index (χ3v) is 4.97. The van der Waals surface area contributed by atoms with Gasteiger partial charge in [-0.25, -0.2) is 9.79 Å². The zero-order chi connectivity index (χ0) is 20.4. The van der Waals surface area contributed by atoms with Gasteiger partial charge in [-0.1, -0.05) is 24.3 Å². The van der Waals surface area contributed by atoms with Gasteiger partial charge in [-0.3, -0.25) is 0 Å². The fourth-order valence-electron chi connectivity index (χ4n) is 3.30. The molecule has 1 N–H and O–H groups in total. The number of benzene rings is 2. The first-order valence-corrected chi connectivity index (χ1v) is 9.60. The molecule has 1 amide bonds. The number of ether oxygens (including phenoxy) is 2. The van der Waals surface area contributed by atoms with Crippen LogP contribution in [0.2, 0.25) is 5.02 Å². The number of fused-ring (bicyclic) bond motifs is 2. The van der Waals surface area contributed by atoms with Crippen molar-refractivity contribution in [2.75, 3.05) is 32.8 Å². The van der Waals surface area contributed by atoms with Crippen LogP contribution in [0.1, 0.15) is 5.56 Å². The Morgan fingerprint density at radius 2 is 1.97 bits per heavy atom. The maximum Gasteiger partial charge on any atom is 0.410 e. The van der Waals surface area contributed by atoms with Gasteiger partial charge in [0, 0.05) is 37.3 Å². The number of aliphatic imine (C=N–C) groups is 1. The molecule has 2 aromatic carbocycles. The molecule has 0 bridgehead atoms. The number of rotatable bonds is 2. The molecule has 4 rings (SSSR count). The van der Waals surface area contributed by atoms with Gasteiger partial charge in [-0.2, -0.15) is 0 Å². The second-order valence-electron chi connectivity index (χ2n) is 6.67. The zero-order valence-corrected chi connectivity index (χ0v) is 16.4. The van der Waals surface area contributed by atoms with Gasteiger partial charge in [0.2, 0.25) is 0 Å². The number of piperazine rings is 1. The van der Waals surface area contributed by atoms with Crippen LogP contribution in [0.15, 0.2) is 54.0 Å². The van der Waals surface area contributed by atoms with Crippen LogP contribution in [0.5, 0.6) is 17.2 Å². The molecule has 7 nitrogen and oxygen atoms in total. The topological polar surface area (TPSA) is 74.6 Å². The summed E-state index contributed by atoms with van der Waals surface area (Å²) in [6.07, 6.45) is 1.19. The highest BCUT2D eigenvalue weighted by molar-refractivity contribution is 6.31. The minimum Gasteiger partial charge on any atom is -0.508 e. The fraction of sp³-hybridized carbons (Fsp3) is 0.238. The third-order valence-electron chi connectivity index (χ3n) is 4.73. The molecular weight excluding hydrogens is 394 g/mol. The van der Waals surface area contributed by atoms with Crippen LogP contribution in [0.25, 0.3) is 0 Å². The Labute approximate surface area is 173 Å². The van der Waals surface area contributed by atoms with Gasteiger partial charge in [0.05, 0.1) is 5.56 Å². The average Bonchev–Trinajstić information content (AvgIpc) is 2.88. The molecule has 0 saturated carbocycles. The van der Waals surface area contributed by atoms with Gasteiger partial charge in [-0.15, -0.1) is 0 Å². The number of carbonyl (C=O) groups excluding carboxylic acids is 1. The molecule has 150 valence electrons. The van der Waals surface area contributed by atoms with Crippen molar-refractivity contribution in [3.63, 3.8) is 0 Å². The van der Waals surface area contributed by atoms with E-state index in [1.54, 1.807) is 41.3 Å². The summed E-state index contributed by atoms with van der Waals surface area (Å²) < 4.78 is 11.2. The Kier molecular flexibility index (Phi) is 5.31. The van der Waals surface area contributed by atoms with E-state index < -0.39 is 0 Å². The Morgan fingerprint density at radius 1 is 1.21 bits per heavy atom. The Bertz CT molecular complexity index is 984. The van der Waals surface area contributed by atoms with Gasteiger partial charge in [0.15, 0.2) is 5.75 Å². The van der Waals surface area contributed by atoms with Crippen molar-refractivity contribution in [3.8, 4) is 17.2 Å². The van der Waals surface area contributed by atoms with Crippen LogP contribution < -0.4 is 4.74 Å². The van der Waals surface area contributed by atoms with E-state index in [0.717, 1.165) is 5.56 Å². The molecule has 0 spiro atoms. The molecule has 2 heterocycles. The van der Waals surface area contributed by atoms with Crippen molar-refractivity contribution in [2.24, 2.45) is 4.99 Å². The van der Waals surface area contributed by atoms with Crippen LogP contribution in [0.3, 0.4) is 0 Å². The largest absolute Gasteiger partial charge is 0.508 e. The monoisotopic (exact) mass is 413 g/mol. The summed E-state index contributed by atoms with van der Waals surface area (Å²) in [6.45, 7) is 5.88. The zero-order valence-electron chi connectivity index (χ0n) is 15.7. The average molecular weight is 414 g/mol. The van der Waals surface area contributed by atoms with Gasteiger partial charge in [-0.05, 0) is 30.3 Å². The van der Waals surface area contributed by atoms with Crippen molar-refractivity contribution in [3.05, 3.63) is 59.6 Å². The summed E-state index contributed by atoms with van der Waals surface area (Å²) in [5.74, 6) is 1.97. The number of amidine groups is 1. The van der Waals surface area contributed by atoms with E-state index >= 15 is 0 Å². The van der Waals surface area contributed by atoms with Gasteiger partial charge in [0.1, 0.15) is 29.6 Å². The predicted molar refractivity (Wildman–Crippen MR) is 111 cm³/mol. The molecule has 0 aromatic heterocycles. The van der Waals surface area contributed by atoms with E-state index in [1.807, 2.05) is 6.07 Å². The number of phenolic OH excluding ortho intramolecular Hbond substituents is 1. The molecule has 29 heavy (non-hydrogen) atoms. The lowest BCUT2D eigenvalue weighted by Crippen LogP contribution is -2.51. The number of halogens is 1. The number of phenols is 1. The lowest BCUT2D eigenvalue weighted by Gasteiger charge is -2.36. The number of hydrogen-bond donors (Lipinski definition) is 1. The molecule has 2 aromatic rings. The highest BCUT2D eigenvalue weighted by Crippen LogP contribution is 2.40. The van der Waals surface area contributed by atoms with Crippen molar-refractivity contribution in [1.29, 1.82) is 0 Å². The number of nitrogens with zero attached hydrogens (tertiary/aromatic N) is 3. The minimum atomic E-state index is -0.352. The van der Waals surface area contributed by atoms with Crippen LogP contribution in [0, 0.1) is 0 Å². The lowest BCUT2D eigenvalue weighted by molar-refractivity contribution is 0.0965. The summed E-state index contributed by atoms with van der Waals surface area (Å²) in [4.78, 5) is 20.6. The molecular formula is C21H20ClN3O4. The van der Waals surface area contributed by atoms with E-state index in [2.05, 4.69) is 11.5 Å². The SMILES string of the molecule is C=CCOC(=O)N1CCN(C2=Nc3cc(O)ccc3Oc3ccc(Cl)cc32)CC1. The van der Waals surface area contributed by atoms with Crippen LogP contribution >= 0.6 is 11.6 Å². The molecule has 8 heteroatoms. The summed E-state index contributed by atoms with van der Waals surface area (Å²) in [7, 11) is 0. The van der Waals surface area contributed by atoms with Gasteiger partial charge < -0.3 is 24.4 Å². The lowest BCUT2D eigenvalue weighted by atomic mass is 10.1. The van der Waals surface area contributed by atoms with Crippen molar-refractivity contribution in [1.82, 2.24) is 9.80 Å². The van der Waals surface area contributed by atoms with Crippen LogP contribution in [-0.2, 0) is 4.74 Å². The Balaban J connectivity index is 1.64. The Morgan fingerprint density at radius 3 is 2.72 bits per heavy atom. The van der Waals surface area contributed by atoms with Crippen molar-refractivity contribution in [2.45, 2.75) is 0 Å². The number of aromatic hydroxyl groups is 1. The van der Waals surface area contributed by atoms with Gasteiger partial charge >= 0.3 is 6.09 Å². The Hall–Kier alpha value is -3.19. The van der Waals surface area contributed by atoms with Gasteiger partial charge in [0.25, 0.3) is 0 Å². The summed E-state index contributed by atoms with van der Waals surface area (Å²) in [5, 5.41) is 10.4. The predicted octanol–water partition coefficient (Wildman–Crippen LogP) is 4.17. The number of hydrogen-bond acceptors (Lipinski definition) is 6. The van der Waals surface area contributed by atoms with Crippen molar-refractivity contribution < 1.29 is 19.4 Å². The molecule has 0 radical (unpaired) electrons. The summed E-state index contributed by atoms with van der Waals surface area (Å²) in [5.41, 5.74) is 1.29. The maximum absolute atomic E-state index is 12.1. The smallest absolute Gasteiger partial charge is 0.410 e. The molecule has 2 aliphatic heterocycles. The highest BCUT2D eigenvalue weighted by Gasteiger charge is 2.28. The van der Waals surface area contributed by atoms with E-state index in [-0.39, 0.29) is 18.4 Å². The first-order chi connectivity index (χ1) is 14.0. The summed E-state index contributed by atoms with van der Waals surface area (Å²) in [6, 6.07) is 10.2. The number of carbonyl (C=O) groups is 1. The molecule has 1 saturated heterocycles. The minimum absolute atomic E-state index is 0.106. The molecule has 0 aliphatic carbocycles. The second kappa shape index (κ2) is 8.05. The molecule has 0 atom stereocenters. The van der Waals surface area contributed by atoms with Crippen LogP contribution in [-0.4, -0.2) is 59.6 Å². The first-order valence-electron chi connectivity index (χ1n) is 9.22. The normalized spacial score (nSPS) is 15.4. The standard InChI is InChI=1S/C21H20ClN3O4/c1-2-11-28-21(27)25-9-7-24(8-10-25)20-16-12-14(22)3-5-18(16)29-19-6-4-15(26)13-17(19)23-20/h2-6,12-13,26H,1,7-11H2. The van der Waals surface area contributed by atoms with E-state index in [4.69, 9.17) is 26.1 Å². The van der Waals surface area contributed by atoms with Crippen LogP contribution in [0.4, 0.5) is 10.5 Å². The fourth-order valence-corrected chi connectivity index (χ4v) is 3.47. The van der Waals surface area contributed by atoms with E-state index in [0.29, 0.717) is 54.2 Å². The van der Waals surface area contributed by atoms with Crippen molar-refractivity contribution >= 4 is 29.2 Å². The van der Waals surface area contributed by atoms with E-state index in [9.17, 15) is 9.90 Å². The highest BCUT2D eigenvalue weighted by atomic mass is 35.5. The third kappa shape index (κ3) is 4.00. The van der Waals surface area contributed by atoms with E-state index in [1.165, 1.54) is 0 Å². The molecule has 1 fully saturated rings. The first kappa shape index (κ1) is 19.1. The second-order valence-corrected chi connectivity index (χ2v) is 7.11. The summed E-state index contributed by atoms with van der Waals surface area (Å²) >= 11 is 6.24. The quantitative estimate of drug-likeness (QED) is 0.748. The molecule has 2 aliphatic rings. The number of amides is 1.